The number of H-pyrrole nitrogens is 1. The molecule has 0 saturated carbocycles. The van der Waals surface area contributed by atoms with Crippen LogP contribution in [0.1, 0.15) is 60.7 Å². The molecule has 0 aliphatic carbocycles. The van der Waals surface area contributed by atoms with Crippen molar-refractivity contribution in [2.75, 3.05) is 11.9 Å². The van der Waals surface area contributed by atoms with Gasteiger partial charge < -0.3 is 20.1 Å². The number of carbonyl (C=O) groups is 1. The van der Waals surface area contributed by atoms with Crippen molar-refractivity contribution in [1.82, 2.24) is 20.2 Å². The Hall–Kier alpha value is -4.18. The molecule has 4 aromatic rings. The zero-order valence-corrected chi connectivity index (χ0v) is 22.1. The van der Waals surface area contributed by atoms with Gasteiger partial charge in [-0.1, -0.05) is 24.3 Å². The number of nitrogens with one attached hydrogen (secondary N) is 2. The van der Waals surface area contributed by atoms with Crippen molar-refractivity contribution < 1.29 is 23.4 Å². The maximum atomic E-state index is 14.8. The van der Waals surface area contributed by atoms with Crippen LogP contribution in [0.3, 0.4) is 0 Å². The largest absolute Gasteiger partial charge is 0.494 e. The number of aliphatic hydroxyl groups is 1. The number of aryl methyl sites for hydroxylation is 1. The van der Waals surface area contributed by atoms with Crippen molar-refractivity contribution in [3.63, 3.8) is 0 Å². The zero-order valence-electron chi connectivity index (χ0n) is 22.1. The number of benzene rings is 2. The zero-order chi connectivity index (χ0) is 28.0. The number of carbonyl (C=O) groups excluding carboxylic acids is 1. The quantitative estimate of drug-likeness (QED) is 0.215. The number of amides is 1. The van der Waals surface area contributed by atoms with Gasteiger partial charge in [0, 0.05) is 12.0 Å². The molecule has 0 bridgehead atoms. The highest BCUT2D eigenvalue weighted by atomic mass is 19.1. The second-order valence-corrected chi connectivity index (χ2v) is 9.99. The second kappa shape index (κ2) is 12.1. The van der Waals surface area contributed by atoms with Crippen LogP contribution in [0.4, 0.5) is 14.6 Å². The maximum Gasteiger partial charge on any atom is 0.294 e. The van der Waals surface area contributed by atoms with E-state index in [0.717, 1.165) is 24.6 Å². The van der Waals surface area contributed by atoms with Gasteiger partial charge in [-0.2, -0.15) is 0 Å². The lowest BCUT2D eigenvalue weighted by atomic mass is 10.0. The van der Waals surface area contributed by atoms with Gasteiger partial charge in [0.05, 0.1) is 18.4 Å². The minimum atomic E-state index is -0.708. The number of ether oxygens (including phenoxy) is 1. The first-order valence-electron chi connectivity index (χ1n) is 12.7. The lowest BCUT2D eigenvalue weighted by Crippen LogP contribution is -2.18. The van der Waals surface area contributed by atoms with Gasteiger partial charge in [-0.3, -0.25) is 4.79 Å². The van der Waals surface area contributed by atoms with Gasteiger partial charge in [0.2, 0.25) is 5.82 Å². The van der Waals surface area contributed by atoms with E-state index in [1.54, 1.807) is 38.1 Å². The highest BCUT2D eigenvalue weighted by molar-refractivity contribution is 6.01. The van der Waals surface area contributed by atoms with Crippen LogP contribution in [0.25, 0.3) is 11.1 Å². The summed E-state index contributed by atoms with van der Waals surface area (Å²) in [7, 11) is 0. The molecule has 0 aliphatic heterocycles. The smallest absolute Gasteiger partial charge is 0.294 e. The molecule has 0 unspecified atom stereocenters. The number of aromatic nitrogens is 4. The van der Waals surface area contributed by atoms with Crippen LogP contribution in [-0.2, 0) is 6.42 Å². The molecule has 2 heterocycles. The van der Waals surface area contributed by atoms with Crippen molar-refractivity contribution in [2.24, 2.45) is 0 Å². The average Bonchev–Trinajstić information content (AvgIpc) is 3.35. The number of rotatable bonds is 11. The molecule has 0 aliphatic rings. The summed E-state index contributed by atoms with van der Waals surface area (Å²) in [6.07, 6.45) is 3.45. The Labute approximate surface area is 225 Å². The molecule has 2 aromatic carbocycles. The number of unbranched alkanes of at least 4 members (excludes halogenated alkanes) is 1. The highest BCUT2D eigenvalue weighted by Gasteiger charge is 2.17. The molecular formula is C29H31F2N5O3. The molecular weight excluding hydrogens is 504 g/mol. The Kier molecular flexibility index (Phi) is 8.65. The summed E-state index contributed by atoms with van der Waals surface area (Å²) in [5, 5.41) is 20.2. The molecule has 204 valence electrons. The van der Waals surface area contributed by atoms with Gasteiger partial charge in [-0.05, 0) is 81.0 Å². The molecule has 0 radical (unpaired) electrons. The van der Waals surface area contributed by atoms with Crippen molar-refractivity contribution in [2.45, 2.75) is 52.1 Å². The Morgan fingerprint density at radius 2 is 1.85 bits per heavy atom. The summed E-state index contributed by atoms with van der Waals surface area (Å²) in [5.41, 5.74) is 1.38. The van der Waals surface area contributed by atoms with Crippen LogP contribution < -0.4 is 10.1 Å². The van der Waals surface area contributed by atoms with Crippen LogP contribution in [-0.4, -0.2) is 43.4 Å². The molecule has 0 spiro atoms. The fraction of sp³-hybridized carbons (Fsp3) is 0.310. The number of aromatic amines is 1. The van der Waals surface area contributed by atoms with Crippen LogP contribution in [0.5, 0.6) is 5.75 Å². The topological polar surface area (TPSA) is 113 Å². The third-order valence-corrected chi connectivity index (χ3v) is 6.11. The van der Waals surface area contributed by atoms with E-state index >= 15 is 0 Å². The van der Waals surface area contributed by atoms with Crippen LogP contribution >= 0.6 is 0 Å². The summed E-state index contributed by atoms with van der Waals surface area (Å²) in [5.74, 6) is -0.586. The van der Waals surface area contributed by atoms with E-state index in [-0.39, 0.29) is 29.4 Å². The number of nitrogens with zero attached hydrogens (tertiary/aromatic N) is 3. The average molecular weight is 536 g/mol. The van der Waals surface area contributed by atoms with Gasteiger partial charge in [0.25, 0.3) is 5.91 Å². The molecule has 1 amide bonds. The first-order chi connectivity index (χ1) is 18.6. The minimum Gasteiger partial charge on any atom is -0.494 e. The van der Waals surface area contributed by atoms with E-state index in [0.29, 0.717) is 35.7 Å². The summed E-state index contributed by atoms with van der Waals surface area (Å²) < 4.78 is 34.6. The van der Waals surface area contributed by atoms with Gasteiger partial charge in [0.15, 0.2) is 0 Å². The van der Waals surface area contributed by atoms with Gasteiger partial charge >= 0.3 is 0 Å². The highest BCUT2D eigenvalue weighted by Crippen LogP contribution is 2.31. The van der Waals surface area contributed by atoms with Crippen molar-refractivity contribution >= 4 is 11.7 Å². The summed E-state index contributed by atoms with van der Waals surface area (Å²) in [6.45, 7) is 5.87. The minimum absolute atomic E-state index is 0.0785. The lowest BCUT2D eigenvalue weighted by Gasteiger charge is -2.16. The lowest BCUT2D eigenvalue weighted by molar-refractivity contribution is 0.0670. The summed E-state index contributed by atoms with van der Waals surface area (Å²) in [4.78, 5) is 19.5. The number of anilines is 1. The van der Waals surface area contributed by atoms with Crippen molar-refractivity contribution in [1.29, 1.82) is 0 Å². The van der Waals surface area contributed by atoms with E-state index in [4.69, 9.17) is 4.74 Å². The first kappa shape index (κ1) is 27.8. The second-order valence-electron chi connectivity index (χ2n) is 9.99. The monoisotopic (exact) mass is 535 g/mol. The van der Waals surface area contributed by atoms with E-state index in [2.05, 4.69) is 25.5 Å². The van der Waals surface area contributed by atoms with Crippen LogP contribution in [0, 0.1) is 18.6 Å². The maximum absolute atomic E-state index is 14.8. The normalized spacial score (nSPS) is 11.4. The molecule has 0 fully saturated rings. The number of halogens is 2. The third kappa shape index (κ3) is 7.67. The van der Waals surface area contributed by atoms with Crippen LogP contribution in [0.15, 0.2) is 54.7 Å². The van der Waals surface area contributed by atoms with Gasteiger partial charge in [-0.15, -0.1) is 10.2 Å². The predicted octanol–water partition coefficient (Wildman–Crippen LogP) is 5.62. The predicted molar refractivity (Wildman–Crippen MR) is 144 cm³/mol. The summed E-state index contributed by atoms with van der Waals surface area (Å²) in [6, 6.07) is 13.1. The molecule has 8 nitrogen and oxygen atoms in total. The molecule has 0 saturated heterocycles. The number of hydrogen-bond acceptors (Lipinski definition) is 6. The van der Waals surface area contributed by atoms with Crippen molar-refractivity contribution in [3.8, 4) is 16.9 Å². The standard InChI is InChI=1S/C29H31F2N5O3/c1-18-10-11-20(39-13-7-6-12-29(2,3)38)15-21(18)22-16-25(32-17-24(22)31)34-28(37)27-33-26(35-36-27)14-19-8-4-5-9-23(19)30/h4-5,8-11,15-17,38H,6-7,12-14H2,1-3H3,(H,32,34,37)(H,33,35,36). The summed E-state index contributed by atoms with van der Waals surface area (Å²) >= 11 is 0. The van der Waals surface area contributed by atoms with Crippen molar-refractivity contribution in [3.05, 3.63) is 89.1 Å². The Morgan fingerprint density at radius 3 is 2.62 bits per heavy atom. The van der Waals surface area contributed by atoms with E-state index in [9.17, 15) is 18.7 Å². The van der Waals surface area contributed by atoms with E-state index in [1.807, 2.05) is 19.1 Å². The number of hydrogen-bond donors (Lipinski definition) is 3. The Balaban J connectivity index is 1.44. The van der Waals surface area contributed by atoms with E-state index in [1.165, 1.54) is 12.1 Å². The fourth-order valence-corrected chi connectivity index (χ4v) is 4.02. The first-order valence-corrected chi connectivity index (χ1v) is 12.7. The van der Waals surface area contributed by atoms with E-state index < -0.39 is 17.3 Å². The molecule has 3 N–H and O–H groups in total. The molecule has 10 heteroatoms. The molecule has 4 rings (SSSR count). The Morgan fingerprint density at radius 1 is 1.05 bits per heavy atom. The van der Waals surface area contributed by atoms with Crippen LogP contribution in [0.2, 0.25) is 0 Å². The molecule has 0 atom stereocenters. The molecule has 39 heavy (non-hydrogen) atoms. The van der Waals surface area contributed by atoms with Gasteiger partial charge in [0.1, 0.15) is 29.0 Å². The third-order valence-electron chi connectivity index (χ3n) is 6.11. The van der Waals surface area contributed by atoms with Gasteiger partial charge in [-0.25, -0.2) is 13.8 Å². The fourth-order valence-electron chi connectivity index (χ4n) is 4.02. The Bertz CT molecular complexity index is 1450. The SMILES string of the molecule is Cc1ccc(OCCCCC(C)(C)O)cc1-c1cc(NC(=O)c2nnc(Cc3ccccc3F)[nH]2)ncc1F. The number of pyridine rings is 1. The molecule has 2 aromatic heterocycles.